The average Bonchev–Trinajstić information content (AvgIpc) is 3.46. The summed E-state index contributed by atoms with van der Waals surface area (Å²) in [6.07, 6.45) is 18.9. The van der Waals surface area contributed by atoms with Gasteiger partial charge >= 0.3 is 0 Å². The maximum atomic E-state index is 5.56. The van der Waals surface area contributed by atoms with Crippen LogP contribution in [-0.4, -0.2) is 53.2 Å². The Morgan fingerprint density at radius 3 is 2.45 bits per heavy atom. The number of rotatable bonds is 2. The van der Waals surface area contributed by atoms with Gasteiger partial charge in [-0.25, -0.2) is 19.0 Å². The van der Waals surface area contributed by atoms with E-state index in [1.807, 2.05) is 30.6 Å². The van der Waals surface area contributed by atoms with Crippen LogP contribution in [0.1, 0.15) is 51.4 Å². The topological polar surface area (TPSA) is 89.6 Å². The van der Waals surface area contributed by atoms with Crippen LogP contribution in [0.15, 0.2) is 43.0 Å². The highest BCUT2D eigenvalue weighted by Crippen LogP contribution is 2.25. The van der Waals surface area contributed by atoms with E-state index >= 15 is 0 Å². The molecule has 1 aliphatic carbocycles. The van der Waals surface area contributed by atoms with Gasteiger partial charge in [0, 0.05) is 30.2 Å². The summed E-state index contributed by atoms with van der Waals surface area (Å²) in [5.74, 6) is 0.243. The first-order chi connectivity index (χ1) is 15.3. The number of likely N-dealkylation sites (tertiary alicyclic amines) is 1. The Bertz CT molecular complexity index is 1120. The molecule has 4 aromatic rings. The Hall–Kier alpha value is -3.00. The second-order valence-electron chi connectivity index (χ2n) is 8.51. The highest BCUT2D eigenvalue weighted by atomic mass is 15.3. The second kappa shape index (κ2) is 9.01. The molecule has 0 amide bonds. The molecule has 1 saturated carbocycles. The standard InChI is InChI=1S/C12H9N7.C11H21N/c13-12-15-7-10-8(3-5-18(10)17-12)9-1-2-11-14-4-6-19(11)16-9;1-3-7-11(8-4-1)12-9-5-2-6-10-12/h1-7H,(H2,13,17);11H,1-10H2. The van der Waals surface area contributed by atoms with E-state index in [9.17, 15) is 0 Å². The summed E-state index contributed by atoms with van der Waals surface area (Å²) in [7, 11) is 0. The third kappa shape index (κ3) is 4.39. The summed E-state index contributed by atoms with van der Waals surface area (Å²) in [5.41, 5.74) is 9.03. The molecule has 162 valence electrons. The first kappa shape index (κ1) is 19.9. The van der Waals surface area contributed by atoms with Gasteiger partial charge in [-0.3, -0.25) is 0 Å². The van der Waals surface area contributed by atoms with Gasteiger partial charge in [-0.05, 0) is 57.0 Å². The monoisotopic (exact) mass is 418 g/mol. The van der Waals surface area contributed by atoms with Crippen molar-refractivity contribution in [2.24, 2.45) is 0 Å². The maximum absolute atomic E-state index is 5.56. The number of hydrogen-bond acceptors (Lipinski definition) is 6. The fourth-order valence-electron chi connectivity index (χ4n) is 4.82. The molecule has 6 rings (SSSR count). The lowest BCUT2D eigenvalue weighted by molar-refractivity contribution is 0.131. The van der Waals surface area contributed by atoms with Crippen molar-refractivity contribution in [2.45, 2.75) is 57.4 Å². The van der Waals surface area contributed by atoms with E-state index in [4.69, 9.17) is 5.73 Å². The maximum Gasteiger partial charge on any atom is 0.238 e. The van der Waals surface area contributed by atoms with Crippen molar-refractivity contribution >= 4 is 17.1 Å². The molecule has 0 bridgehead atoms. The van der Waals surface area contributed by atoms with Gasteiger partial charge in [0.2, 0.25) is 5.95 Å². The quantitative estimate of drug-likeness (QED) is 0.532. The molecule has 8 nitrogen and oxygen atoms in total. The van der Waals surface area contributed by atoms with Crippen LogP contribution in [0.3, 0.4) is 0 Å². The number of fused-ring (bicyclic) bond motifs is 2. The molecule has 1 saturated heterocycles. The number of nitrogens with zero attached hydrogens (tertiary/aromatic N) is 7. The summed E-state index contributed by atoms with van der Waals surface area (Å²) in [6, 6.07) is 6.76. The molecule has 0 aromatic carbocycles. The third-order valence-electron chi connectivity index (χ3n) is 6.45. The molecule has 2 aliphatic rings. The Labute approximate surface area is 182 Å². The largest absolute Gasteiger partial charge is 0.367 e. The minimum Gasteiger partial charge on any atom is -0.367 e. The van der Waals surface area contributed by atoms with Crippen molar-refractivity contribution in [3.8, 4) is 11.3 Å². The van der Waals surface area contributed by atoms with Crippen molar-refractivity contribution in [1.29, 1.82) is 0 Å². The zero-order valence-electron chi connectivity index (χ0n) is 17.9. The smallest absolute Gasteiger partial charge is 0.238 e. The van der Waals surface area contributed by atoms with Crippen molar-refractivity contribution in [2.75, 3.05) is 18.8 Å². The lowest BCUT2D eigenvalue weighted by Gasteiger charge is -2.36. The van der Waals surface area contributed by atoms with E-state index in [2.05, 4.69) is 25.1 Å². The number of anilines is 1. The average molecular weight is 419 g/mol. The Balaban J connectivity index is 0.000000147. The van der Waals surface area contributed by atoms with Gasteiger partial charge in [-0.1, -0.05) is 25.7 Å². The molecule has 2 fully saturated rings. The molecule has 0 unspecified atom stereocenters. The van der Waals surface area contributed by atoms with Crippen LogP contribution in [-0.2, 0) is 0 Å². The molecule has 8 heteroatoms. The third-order valence-corrected chi connectivity index (χ3v) is 6.45. The van der Waals surface area contributed by atoms with Gasteiger partial charge in [0.05, 0.1) is 17.4 Å². The number of imidazole rings is 1. The Morgan fingerprint density at radius 2 is 1.61 bits per heavy atom. The van der Waals surface area contributed by atoms with Crippen LogP contribution >= 0.6 is 0 Å². The lowest BCUT2D eigenvalue weighted by atomic mass is 9.93. The van der Waals surface area contributed by atoms with Gasteiger partial charge in [-0.2, -0.15) is 5.10 Å². The normalized spacial score (nSPS) is 18.2. The number of aromatic nitrogens is 6. The van der Waals surface area contributed by atoms with Crippen LogP contribution < -0.4 is 5.73 Å². The molecule has 0 atom stereocenters. The van der Waals surface area contributed by atoms with Crippen molar-refractivity contribution in [3.63, 3.8) is 0 Å². The molecule has 1 aliphatic heterocycles. The van der Waals surface area contributed by atoms with Crippen LogP contribution in [0.5, 0.6) is 0 Å². The fraction of sp³-hybridized carbons (Fsp3) is 0.478. The molecule has 0 spiro atoms. The van der Waals surface area contributed by atoms with Gasteiger partial charge in [0.1, 0.15) is 0 Å². The number of nitrogen functional groups attached to an aromatic ring is 1. The first-order valence-electron chi connectivity index (χ1n) is 11.4. The SMILES string of the molecule is C1CCC(N2CCCCC2)CC1.Nc1ncc2c(-c3ccc4nccn4n3)ccn2n1. The predicted octanol–water partition coefficient (Wildman–Crippen LogP) is 3.83. The lowest BCUT2D eigenvalue weighted by Crippen LogP contribution is -2.40. The summed E-state index contributed by atoms with van der Waals surface area (Å²) < 4.78 is 3.43. The minimum absolute atomic E-state index is 0.243. The molecular weight excluding hydrogens is 388 g/mol. The summed E-state index contributed by atoms with van der Waals surface area (Å²) in [5, 5.41) is 8.61. The van der Waals surface area contributed by atoms with Gasteiger partial charge in [0.25, 0.3) is 0 Å². The highest BCUT2D eigenvalue weighted by Gasteiger charge is 2.21. The van der Waals surface area contributed by atoms with E-state index in [1.54, 1.807) is 21.4 Å². The van der Waals surface area contributed by atoms with Crippen LogP contribution in [0.4, 0.5) is 5.95 Å². The molecule has 31 heavy (non-hydrogen) atoms. The molecular formula is C23H30N8. The molecule has 2 N–H and O–H groups in total. The zero-order chi connectivity index (χ0) is 21.0. The molecule has 0 radical (unpaired) electrons. The van der Waals surface area contributed by atoms with Gasteiger partial charge in [-0.15, -0.1) is 5.10 Å². The van der Waals surface area contributed by atoms with E-state index in [-0.39, 0.29) is 5.95 Å². The van der Waals surface area contributed by atoms with E-state index in [0.29, 0.717) is 0 Å². The zero-order valence-corrected chi connectivity index (χ0v) is 17.9. The van der Waals surface area contributed by atoms with Crippen molar-refractivity contribution in [1.82, 2.24) is 34.1 Å². The summed E-state index contributed by atoms with van der Waals surface area (Å²) >= 11 is 0. The van der Waals surface area contributed by atoms with Gasteiger partial charge < -0.3 is 10.6 Å². The van der Waals surface area contributed by atoms with Crippen LogP contribution in [0.2, 0.25) is 0 Å². The van der Waals surface area contributed by atoms with E-state index in [1.165, 1.54) is 64.5 Å². The fourth-order valence-corrected chi connectivity index (χ4v) is 4.82. The Kier molecular flexibility index (Phi) is 5.80. The molecule has 4 aromatic heterocycles. The summed E-state index contributed by atoms with van der Waals surface area (Å²) in [4.78, 5) is 10.9. The number of nitrogens with two attached hydrogens (primary N) is 1. The van der Waals surface area contributed by atoms with Crippen molar-refractivity contribution < 1.29 is 0 Å². The van der Waals surface area contributed by atoms with E-state index < -0.39 is 0 Å². The van der Waals surface area contributed by atoms with Crippen molar-refractivity contribution in [3.05, 3.63) is 43.0 Å². The number of hydrogen-bond donors (Lipinski definition) is 1. The number of piperidine rings is 1. The second-order valence-corrected chi connectivity index (χ2v) is 8.51. The molecule has 5 heterocycles. The summed E-state index contributed by atoms with van der Waals surface area (Å²) in [6.45, 7) is 2.79. The minimum atomic E-state index is 0.243. The van der Waals surface area contributed by atoms with E-state index in [0.717, 1.165) is 28.5 Å². The van der Waals surface area contributed by atoms with Crippen LogP contribution in [0.25, 0.3) is 22.4 Å². The highest BCUT2D eigenvalue weighted by molar-refractivity contribution is 5.78. The Morgan fingerprint density at radius 1 is 0.806 bits per heavy atom. The van der Waals surface area contributed by atoms with Gasteiger partial charge in [0.15, 0.2) is 5.65 Å². The first-order valence-corrected chi connectivity index (χ1v) is 11.4. The van der Waals surface area contributed by atoms with Crippen LogP contribution in [0, 0.1) is 0 Å². The predicted molar refractivity (Wildman–Crippen MR) is 122 cm³/mol.